The molecule has 0 aliphatic carbocycles. The highest BCUT2D eigenvalue weighted by Gasteiger charge is 2.19. The fourth-order valence-electron chi connectivity index (χ4n) is 2.96. The molecule has 29 heavy (non-hydrogen) atoms. The van der Waals surface area contributed by atoms with Crippen LogP contribution >= 0.6 is 0 Å². The average molecular weight is 422 g/mol. The van der Waals surface area contributed by atoms with Crippen LogP contribution in [-0.4, -0.2) is 23.7 Å². The molecule has 0 aliphatic rings. The van der Waals surface area contributed by atoms with E-state index in [-0.39, 0.29) is 17.0 Å². The van der Waals surface area contributed by atoms with Gasteiger partial charge in [0.05, 0.1) is 28.7 Å². The van der Waals surface area contributed by atoms with Crippen molar-refractivity contribution in [1.82, 2.24) is 9.55 Å². The molecule has 0 fully saturated rings. The highest BCUT2D eigenvalue weighted by Crippen LogP contribution is 2.31. The van der Waals surface area contributed by atoms with Crippen molar-refractivity contribution in [1.29, 1.82) is 0 Å². The molecule has 0 radical (unpaired) electrons. The first kappa shape index (κ1) is 20.7. The molecule has 1 heterocycles. The number of aromatic nitrogens is 2. The number of hydrogen-bond acceptors (Lipinski definition) is 5. The lowest BCUT2D eigenvalue weighted by atomic mass is 10.1. The maximum absolute atomic E-state index is 14.9. The van der Waals surface area contributed by atoms with E-state index in [9.17, 15) is 22.0 Å². The van der Waals surface area contributed by atoms with Gasteiger partial charge in [-0.25, -0.2) is 22.2 Å². The van der Waals surface area contributed by atoms with Crippen molar-refractivity contribution in [2.75, 3.05) is 15.8 Å². The average Bonchev–Trinajstić information content (AvgIpc) is 2.65. The van der Waals surface area contributed by atoms with Crippen LogP contribution in [0.2, 0.25) is 0 Å². The second-order valence-electron chi connectivity index (χ2n) is 6.62. The molecule has 10 heteroatoms. The van der Waals surface area contributed by atoms with E-state index in [2.05, 4.69) is 15.0 Å². The first-order chi connectivity index (χ1) is 13.6. The number of anilines is 3. The van der Waals surface area contributed by atoms with Gasteiger partial charge in [0.15, 0.2) is 5.82 Å². The zero-order valence-electron chi connectivity index (χ0n) is 16.1. The van der Waals surface area contributed by atoms with Crippen molar-refractivity contribution in [3.8, 4) is 0 Å². The lowest BCUT2D eigenvalue weighted by Crippen LogP contribution is -2.18. The summed E-state index contributed by atoms with van der Waals surface area (Å²) in [6.45, 7) is 3.31. The van der Waals surface area contributed by atoms with Crippen molar-refractivity contribution in [2.45, 2.75) is 20.3 Å². The van der Waals surface area contributed by atoms with Crippen LogP contribution in [0.15, 0.2) is 35.4 Å². The van der Waals surface area contributed by atoms with E-state index in [1.807, 2.05) is 0 Å². The summed E-state index contributed by atoms with van der Waals surface area (Å²) >= 11 is 0. The SMILES string of the molecule is CCCS(=O)(=O)Nc1ccc(F)c(Nc2ccc3ncn(C)c(=O)c3c2C)c1F. The summed E-state index contributed by atoms with van der Waals surface area (Å²) in [6, 6.07) is 5.11. The van der Waals surface area contributed by atoms with E-state index in [1.54, 1.807) is 33.0 Å². The Hall–Kier alpha value is -3.01. The summed E-state index contributed by atoms with van der Waals surface area (Å²) in [6.07, 6.45) is 1.74. The normalized spacial score (nSPS) is 11.6. The van der Waals surface area contributed by atoms with Crippen molar-refractivity contribution >= 4 is 38.0 Å². The van der Waals surface area contributed by atoms with Gasteiger partial charge in [-0.15, -0.1) is 0 Å². The molecule has 154 valence electrons. The Morgan fingerprint density at radius 3 is 2.52 bits per heavy atom. The molecule has 0 aliphatic heterocycles. The Labute approximate surface area is 166 Å². The standard InChI is InChI=1S/C19H20F2N4O3S/c1-4-9-29(27,28)24-15-6-5-12(20)18(17(15)21)23-13-7-8-14-16(11(13)2)19(26)25(3)10-22-14/h5-8,10,23-24H,4,9H2,1-3H3. The minimum atomic E-state index is -3.75. The van der Waals surface area contributed by atoms with Crippen LogP contribution in [0.3, 0.4) is 0 Å². The number of benzene rings is 2. The van der Waals surface area contributed by atoms with Gasteiger partial charge in [-0.2, -0.15) is 0 Å². The number of nitrogens with one attached hydrogen (secondary N) is 2. The van der Waals surface area contributed by atoms with Gasteiger partial charge < -0.3 is 9.88 Å². The van der Waals surface area contributed by atoms with E-state index in [4.69, 9.17) is 0 Å². The predicted octanol–water partition coefficient (Wildman–Crippen LogP) is 3.42. The monoisotopic (exact) mass is 422 g/mol. The van der Waals surface area contributed by atoms with Gasteiger partial charge >= 0.3 is 0 Å². The van der Waals surface area contributed by atoms with E-state index in [0.29, 0.717) is 28.6 Å². The summed E-state index contributed by atoms with van der Waals surface area (Å²) in [4.78, 5) is 16.6. The van der Waals surface area contributed by atoms with E-state index >= 15 is 0 Å². The molecule has 0 unspecified atom stereocenters. The van der Waals surface area contributed by atoms with Gasteiger partial charge in [0.1, 0.15) is 11.5 Å². The number of rotatable bonds is 6. The van der Waals surface area contributed by atoms with E-state index < -0.39 is 27.3 Å². The second-order valence-corrected chi connectivity index (χ2v) is 8.46. The van der Waals surface area contributed by atoms with Crippen LogP contribution in [0.5, 0.6) is 0 Å². The molecule has 2 aromatic carbocycles. The maximum atomic E-state index is 14.9. The van der Waals surface area contributed by atoms with Gasteiger partial charge in [-0.3, -0.25) is 9.52 Å². The van der Waals surface area contributed by atoms with Gasteiger partial charge in [0.2, 0.25) is 10.0 Å². The molecular weight excluding hydrogens is 402 g/mol. The molecule has 0 saturated carbocycles. The van der Waals surface area contributed by atoms with Crippen LogP contribution < -0.4 is 15.6 Å². The Balaban J connectivity index is 2.07. The lowest BCUT2D eigenvalue weighted by molar-refractivity contribution is 0.588. The predicted molar refractivity (Wildman–Crippen MR) is 109 cm³/mol. The van der Waals surface area contributed by atoms with Crippen LogP contribution in [0, 0.1) is 18.6 Å². The molecule has 0 atom stereocenters. The molecule has 3 aromatic rings. The summed E-state index contributed by atoms with van der Waals surface area (Å²) in [5.41, 5.74) is 0.0421. The molecule has 2 N–H and O–H groups in total. The molecule has 0 spiro atoms. The third-order valence-corrected chi connectivity index (χ3v) is 5.91. The third kappa shape index (κ3) is 4.07. The zero-order valence-corrected chi connectivity index (χ0v) is 16.9. The Kier molecular flexibility index (Phi) is 5.56. The summed E-state index contributed by atoms with van der Waals surface area (Å²) in [5, 5.41) is 2.97. The smallest absolute Gasteiger partial charge is 0.261 e. The summed E-state index contributed by atoms with van der Waals surface area (Å²) in [5.74, 6) is -2.17. The third-order valence-electron chi connectivity index (χ3n) is 4.44. The van der Waals surface area contributed by atoms with Crippen molar-refractivity contribution < 1.29 is 17.2 Å². The van der Waals surface area contributed by atoms with E-state index in [0.717, 1.165) is 12.1 Å². The first-order valence-electron chi connectivity index (χ1n) is 8.85. The molecule has 3 rings (SSSR count). The molecule has 7 nitrogen and oxygen atoms in total. The van der Waals surface area contributed by atoms with Gasteiger partial charge in [0.25, 0.3) is 5.56 Å². The van der Waals surface area contributed by atoms with Crippen LogP contribution in [0.4, 0.5) is 25.8 Å². The number of nitrogens with zero attached hydrogens (tertiary/aromatic N) is 2. The Bertz CT molecular complexity index is 1260. The van der Waals surface area contributed by atoms with Gasteiger partial charge in [0, 0.05) is 12.7 Å². The fourth-order valence-corrected chi connectivity index (χ4v) is 4.09. The number of fused-ring (bicyclic) bond motifs is 1. The first-order valence-corrected chi connectivity index (χ1v) is 10.5. The topological polar surface area (TPSA) is 93.1 Å². The largest absolute Gasteiger partial charge is 0.350 e. The highest BCUT2D eigenvalue weighted by molar-refractivity contribution is 7.92. The maximum Gasteiger partial charge on any atom is 0.261 e. The quantitative estimate of drug-likeness (QED) is 0.635. The van der Waals surface area contributed by atoms with Crippen LogP contribution in [0.1, 0.15) is 18.9 Å². The molecule has 0 bridgehead atoms. The van der Waals surface area contributed by atoms with Crippen molar-refractivity contribution in [3.63, 3.8) is 0 Å². The zero-order chi connectivity index (χ0) is 21.3. The summed E-state index contributed by atoms with van der Waals surface area (Å²) in [7, 11) is -2.19. The second kappa shape index (κ2) is 7.78. The van der Waals surface area contributed by atoms with E-state index in [1.165, 1.54) is 10.9 Å². The lowest BCUT2D eigenvalue weighted by Gasteiger charge is -2.15. The van der Waals surface area contributed by atoms with Gasteiger partial charge in [-0.1, -0.05) is 6.92 Å². The Morgan fingerprint density at radius 1 is 1.14 bits per heavy atom. The Morgan fingerprint density at radius 2 is 1.83 bits per heavy atom. The molecule has 0 amide bonds. The minimum Gasteiger partial charge on any atom is -0.350 e. The van der Waals surface area contributed by atoms with Gasteiger partial charge in [-0.05, 0) is 43.2 Å². The van der Waals surface area contributed by atoms with Crippen molar-refractivity contribution in [2.24, 2.45) is 7.05 Å². The number of hydrogen-bond donors (Lipinski definition) is 2. The highest BCUT2D eigenvalue weighted by atomic mass is 32.2. The molecule has 1 aromatic heterocycles. The van der Waals surface area contributed by atoms with Crippen molar-refractivity contribution in [3.05, 3.63) is 58.1 Å². The number of aryl methyl sites for hydroxylation is 2. The minimum absolute atomic E-state index is 0.188. The molecule has 0 saturated heterocycles. The van der Waals surface area contributed by atoms with Crippen LogP contribution in [0.25, 0.3) is 10.9 Å². The molecular formula is C19H20F2N4O3S. The summed E-state index contributed by atoms with van der Waals surface area (Å²) < 4.78 is 56.5. The fraction of sp³-hybridized carbons (Fsp3) is 0.263. The number of halogens is 2. The van der Waals surface area contributed by atoms with Crippen LogP contribution in [-0.2, 0) is 17.1 Å². The number of sulfonamides is 1.